The molecule has 0 unspecified atom stereocenters. The quantitative estimate of drug-likeness (QED) is 0.857. The summed E-state index contributed by atoms with van der Waals surface area (Å²) < 4.78 is 0. The van der Waals surface area contributed by atoms with E-state index in [1.165, 1.54) is 19.4 Å². The summed E-state index contributed by atoms with van der Waals surface area (Å²) in [7, 11) is 2.20. The third-order valence-corrected chi connectivity index (χ3v) is 6.53. The lowest BCUT2D eigenvalue weighted by molar-refractivity contribution is 0.0668. The summed E-state index contributed by atoms with van der Waals surface area (Å²) in [5.41, 5.74) is 0.907. The molecule has 2 atom stereocenters. The lowest BCUT2D eigenvalue weighted by atomic mass is 10.0. The van der Waals surface area contributed by atoms with Gasteiger partial charge >= 0.3 is 0 Å². The van der Waals surface area contributed by atoms with Crippen LogP contribution in [0.25, 0.3) is 0 Å². The molecule has 3 rings (SSSR count). The van der Waals surface area contributed by atoms with E-state index in [0.717, 1.165) is 35.0 Å². The molecular formula is C17H27N3OS. The average Bonchev–Trinajstić information content (AvgIpc) is 3.16. The van der Waals surface area contributed by atoms with E-state index in [1.54, 1.807) is 11.3 Å². The van der Waals surface area contributed by atoms with Gasteiger partial charge in [0.1, 0.15) is 4.88 Å². The van der Waals surface area contributed by atoms with Crippen LogP contribution in [0.15, 0.2) is 0 Å². The third-order valence-electron chi connectivity index (χ3n) is 5.08. The summed E-state index contributed by atoms with van der Waals surface area (Å²) in [6.45, 7) is 8.32. The van der Waals surface area contributed by atoms with Gasteiger partial charge in [-0.05, 0) is 46.2 Å². The summed E-state index contributed by atoms with van der Waals surface area (Å²) in [5, 5.41) is 1.08. The first-order chi connectivity index (χ1) is 10.5. The van der Waals surface area contributed by atoms with E-state index in [1.807, 2.05) is 6.92 Å². The zero-order valence-electron chi connectivity index (χ0n) is 14.1. The largest absolute Gasteiger partial charge is 0.333 e. The molecule has 2 saturated heterocycles. The van der Waals surface area contributed by atoms with Crippen molar-refractivity contribution in [3.63, 3.8) is 0 Å². The zero-order valence-corrected chi connectivity index (χ0v) is 14.9. The van der Waals surface area contributed by atoms with Gasteiger partial charge in [0.05, 0.1) is 10.7 Å². The van der Waals surface area contributed by atoms with Crippen LogP contribution >= 0.6 is 11.3 Å². The molecule has 1 aromatic heterocycles. The predicted octanol–water partition coefficient (Wildman–Crippen LogP) is 3.27. The Hall–Kier alpha value is -0.940. The number of hydrogen-bond donors (Lipinski definition) is 0. The average molecular weight is 321 g/mol. The molecule has 4 nitrogen and oxygen atoms in total. The van der Waals surface area contributed by atoms with E-state index in [2.05, 4.69) is 35.7 Å². The van der Waals surface area contributed by atoms with E-state index in [0.29, 0.717) is 18.0 Å². The molecule has 0 aromatic carbocycles. The summed E-state index contributed by atoms with van der Waals surface area (Å²) in [6.07, 6.45) is 4.77. The van der Waals surface area contributed by atoms with Gasteiger partial charge in [-0.1, -0.05) is 13.8 Å². The van der Waals surface area contributed by atoms with Crippen molar-refractivity contribution >= 4 is 17.2 Å². The van der Waals surface area contributed by atoms with Crippen LogP contribution in [0, 0.1) is 6.92 Å². The molecule has 0 spiro atoms. The fraction of sp³-hybridized carbons (Fsp3) is 0.765. The first kappa shape index (κ1) is 15.9. The molecule has 0 aliphatic carbocycles. The second-order valence-corrected chi connectivity index (χ2v) is 8.05. The first-order valence-electron chi connectivity index (χ1n) is 8.47. The number of nitrogens with zero attached hydrogens (tertiary/aromatic N) is 3. The number of likely N-dealkylation sites (tertiary alicyclic amines) is 2. The van der Waals surface area contributed by atoms with Crippen LogP contribution in [0.5, 0.6) is 0 Å². The van der Waals surface area contributed by atoms with Crippen molar-refractivity contribution < 1.29 is 4.79 Å². The van der Waals surface area contributed by atoms with Gasteiger partial charge in [0.15, 0.2) is 0 Å². The molecule has 0 bridgehead atoms. The Bertz CT molecular complexity index is 554. The molecule has 122 valence electrons. The number of aromatic nitrogens is 1. The molecule has 1 amide bonds. The number of amides is 1. The Morgan fingerprint density at radius 3 is 2.50 bits per heavy atom. The standard InChI is InChI=1S/C17H27N3OS/c1-11(2)16-18-12(3)15(22-16)17(21)20-10-6-8-14(20)13-7-5-9-19(13)4/h11,13-14H,5-10H2,1-4H3/t13-,14+/m0/s1. The summed E-state index contributed by atoms with van der Waals surface area (Å²) in [5.74, 6) is 0.602. The van der Waals surface area contributed by atoms with E-state index < -0.39 is 0 Å². The Labute approximate surface area is 137 Å². The highest BCUT2D eigenvalue weighted by molar-refractivity contribution is 7.13. The van der Waals surface area contributed by atoms with E-state index >= 15 is 0 Å². The number of likely N-dealkylation sites (N-methyl/N-ethyl adjacent to an activating group) is 1. The van der Waals surface area contributed by atoms with Gasteiger partial charge in [-0.15, -0.1) is 11.3 Å². The van der Waals surface area contributed by atoms with Crippen LogP contribution in [0.1, 0.15) is 65.8 Å². The molecular weight excluding hydrogens is 294 g/mol. The lowest BCUT2D eigenvalue weighted by Crippen LogP contribution is -2.47. The monoisotopic (exact) mass is 321 g/mol. The van der Waals surface area contributed by atoms with Gasteiger partial charge in [-0.2, -0.15) is 0 Å². The van der Waals surface area contributed by atoms with Crippen molar-refractivity contribution in [2.75, 3.05) is 20.1 Å². The molecule has 2 aliphatic heterocycles. The predicted molar refractivity (Wildman–Crippen MR) is 90.7 cm³/mol. The summed E-state index contributed by atoms with van der Waals surface area (Å²) in [6, 6.07) is 0.938. The fourth-order valence-corrected chi connectivity index (χ4v) is 4.89. The second kappa shape index (κ2) is 6.28. The van der Waals surface area contributed by atoms with Crippen LogP contribution in [0.4, 0.5) is 0 Å². The number of carbonyl (C=O) groups is 1. The molecule has 22 heavy (non-hydrogen) atoms. The minimum Gasteiger partial charge on any atom is -0.333 e. The Balaban J connectivity index is 1.81. The van der Waals surface area contributed by atoms with Crippen LogP contribution in [0.2, 0.25) is 0 Å². The first-order valence-corrected chi connectivity index (χ1v) is 9.29. The fourth-order valence-electron chi connectivity index (χ4n) is 3.86. The van der Waals surface area contributed by atoms with Gasteiger partial charge in [-0.3, -0.25) is 4.79 Å². The van der Waals surface area contributed by atoms with Gasteiger partial charge in [-0.25, -0.2) is 4.98 Å². The second-order valence-electron chi connectivity index (χ2n) is 7.02. The highest BCUT2D eigenvalue weighted by atomic mass is 32.1. The summed E-state index contributed by atoms with van der Waals surface area (Å²) in [4.78, 5) is 23.1. The zero-order chi connectivity index (χ0) is 15.9. The van der Waals surface area contributed by atoms with Crippen molar-refractivity contribution in [2.45, 2.75) is 64.5 Å². The van der Waals surface area contributed by atoms with Crippen molar-refractivity contribution in [2.24, 2.45) is 0 Å². The Morgan fingerprint density at radius 1 is 1.23 bits per heavy atom. The maximum atomic E-state index is 13.1. The Morgan fingerprint density at radius 2 is 1.91 bits per heavy atom. The van der Waals surface area contributed by atoms with Crippen LogP contribution in [-0.2, 0) is 0 Å². The molecule has 5 heteroatoms. The molecule has 2 aliphatic rings. The number of rotatable bonds is 3. The minimum absolute atomic E-state index is 0.213. The van der Waals surface area contributed by atoms with Gasteiger partial charge in [0.2, 0.25) is 0 Å². The van der Waals surface area contributed by atoms with Crippen LogP contribution in [0.3, 0.4) is 0 Å². The third kappa shape index (κ3) is 2.81. The smallest absolute Gasteiger partial charge is 0.266 e. The molecule has 1 aromatic rings. The molecule has 2 fully saturated rings. The molecule has 0 N–H and O–H groups in total. The Kier molecular flexibility index (Phi) is 4.55. The molecule has 3 heterocycles. The SMILES string of the molecule is Cc1nc(C(C)C)sc1C(=O)N1CCC[C@@H]1[C@@H]1CCCN1C. The van der Waals surface area contributed by atoms with E-state index in [-0.39, 0.29) is 5.91 Å². The minimum atomic E-state index is 0.213. The normalized spacial score (nSPS) is 26.3. The number of hydrogen-bond acceptors (Lipinski definition) is 4. The maximum absolute atomic E-state index is 13.1. The van der Waals surface area contributed by atoms with Gasteiger partial charge < -0.3 is 9.80 Å². The van der Waals surface area contributed by atoms with E-state index in [4.69, 9.17) is 0 Å². The maximum Gasteiger partial charge on any atom is 0.266 e. The lowest BCUT2D eigenvalue weighted by Gasteiger charge is -2.33. The number of aryl methyl sites for hydroxylation is 1. The van der Waals surface area contributed by atoms with Crippen LogP contribution < -0.4 is 0 Å². The van der Waals surface area contributed by atoms with Crippen molar-refractivity contribution in [1.82, 2.24) is 14.8 Å². The van der Waals surface area contributed by atoms with Crippen molar-refractivity contribution in [1.29, 1.82) is 0 Å². The van der Waals surface area contributed by atoms with Gasteiger partial charge in [0.25, 0.3) is 5.91 Å². The highest BCUT2D eigenvalue weighted by Crippen LogP contribution is 2.32. The van der Waals surface area contributed by atoms with Gasteiger partial charge in [0, 0.05) is 24.5 Å². The number of carbonyl (C=O) groups excluding carboxylic acids is 1. The highest BCUT2D eigenvalue weighted by Gasteiger charge is 2.39. The molecule has 0 saturated carbocycles. The van der Waals surface area contributed by atoms with E-state index in [9.17, 15) is 4.79 Å². The van der Waals surface area contributed by atoms with Crippen molar-refractivity contribution in [3.05, 3.63) is 15.6 Å². The van der Waals surface area contributed by atoms with Crippen molar-refractivity contribution in [3.8, 4) is 0 Å². The molecule has 0 radical (unpaired) electrons. The number of thiazole rings is 1. The van der Waals surface area contributed by atoms with Crippen LogP contribution in [-0.4, -0.2) is 52.9 Å². The topological polar surface area (TPSA) is 36.4 Å². The summed E-state index contributed by atoms with van der Waals surface area (Å²) >= 11 is 1.59.